The average Bonchev–Trinajstić information content (AvgIpc) is 2.77. The summed E-state index contributed by atoms with van der Waals surface area (Å²) in [5, 5.41) is 3.78. The van der Waals surface area contributed by atoms with E-state index >= 15 is 0 Å². The Bertz CT molecular complexity index is 944. The first-order chi connectivity index (χ1) is 13.3. The van der Waals surface area contributed by atoms with E-state index < -0.39 is 0 Å². The Morgan fingerprint density at radius 2 is 2.18 bits per heavy atom. The smallest absolute Gasteiger partial charge is 0.259 e. The Morgan fingerprint density at radius 3 is 2.96 bits per heavy atom. The molecule has 2 amide bonds. The quantitative estimate of drug-likeness (QED) is 0.830. The van der Waals surface area contributed by atoms with Crippen molar-refractivity contribution in [3.05, 3.63) is 42.1 Å². The van der Waals surface area contributed by atoms with Crippen LogP contribution < -0.4 is 10.2 Å². The highest BCUT2D eigenvalue weighted by Gasteiger charge is 2.33. The van der Waals surface area contributed by atoms with Crippen molar-refractivity contribution in [2.75, 3.05) is 23.9 Å². The molecule has 0 saturated carbocycles. The molecular weight excluding hydrogens is 374 g/mol. The fourth-order valence-electron chi connectivity index (χ4n) is 3.67. The van der Waals surface area contributed by atoms with Crippen molar-refractivity contribution in [1.29, 1.82) is 0 Å². The Kier molecular flexibility index (Phi) is 4.89. The van der Waals surface area contributed by atoms with Crippen LogP contribution in [0, 0.1) is 5.92 Å². The molecule has 0 aliphatic carbocycles. The summed E-state index contributed by atoms with van der Waals surface area (Å²) in [4.78, 5) is 32.6. The third-order valence-corrected chi connectivity index (χ3v) is 6.25. The minimum Gasteiger partial charge on any atom is -0.376 e. The van der Waals surface area contributed by atoms with Gasteiger partial charge in [-0.3, -0.25) is 9.59 Å². The highest BCUT2D eigenvalue weighted by atomic mass is 32.2. The van der Waals surface area contributed by atoms with Gasteiger partial charge >= 0.3 is 0 Å². The van der Waals surface area contributed by atoms with Crippen LogP contribution in [0.1, 0.15) is 37.0 Å². The summed E-state index contributed by atoms with van der Waals surface area (Å²) >= 11 is 1.46. The average molecular weight is 398 g/mol. The maximum atomic E-state index is 13.0. The van der Waals surface area contributed by atoms with Crippen LogP contribution in [0.5, 0.6) is 0 Å². The molecule has 0 spiro atoms. The monoisotopic (exact) mass is 397 g/mol. The van der Waals surface area contributed by atoms with Crippen molar-refractivity contribution in [1.82, 2.24) is 4.98 Å². The van der Waals surface area contributed by atoms with Gasteiger partial charge in [0.2, 0.25) is 5.91 Å². The molecule has 7 heteroatoms. The summed E-state index contributed by atoms with van der Waals surface area (Å²) in [6.07, 6.45) is 3.11. The molecule has 1 aromatic heterocycles. The van der Waals surface area contributed by atoms with Crippen molar-refractivity contribution in [3.63, 3.8) is 0 Å². The molecule has 1 fully saturated rings. The highest BCUT2D eigenvalue weighted by molar-refractivity contribution is 7.99. The number of amides is 2. The second kappa shape index (κ2) is 7.22. The van der Waals surface area contributed by atoms with Gasteiger partial charge in [0.05, 0.1) is 16.9 Å². The van der Waals surface area contributed by atoms with E-state index in [9.17, 15) is 9.59 Å². The van der Waals surface area contributed by atoms with Crippen molar-refractivity contribution in [3.8, 4) is 0 Å². The molecule has 6 nitrogen and oxygen atoms in total. The Labute approximate surface area is 168 Å². The van der Waals surface area contributed by atoms with Crippen LogP contribution in [-0.2, 0) is 9.53 Å². The number of hydrogen-bond donors (Lipinski definition) is 1. The number of nitrogens with zero attached hydrogens (tertiary/aromatic N) is 2. The van der Waals surface area contributed by atoms with Gasteiger partial charge in [0, 0.05) is 36.4 Å². The Balaban J connectivity index is 1.58. The third kappa shape index (κ3) is 3.64. The van der Waals surface area contributed by atoms with Gasteiger partial charge in [-0.15, -0.1) is 0 Å². The zero-order valence-corrected chi connectivity index (χ0v) is 17.0. The highest BCUT2D eigenvalue weighted by Crippen LogP contribution is 2.40. The molecule has 3 heterocycles. The molecule has 146 valence electrons. The normalized spacial score (nSPS) is 20.8. The number of benzene rings is 1. The van der Waals surface area contributed by atoms with Crippen molar-refractivity contribution < 1.29 is 14.3 Å². The van der Waals surface area contributed by atoms with E-state index in [1.54, 1.807) is 24.2 Å². The van der Waals surface area contributed by atoms with E-state index in [4.69, 9.17) is 4.74 Å². The predicted molar refractivity (Wildman–Crippen MR) is 109 cm³/mol. The Morgan fingerprint density at radius 1 is 1.36 bits per heavy atom. The van der Waals surface area contributed by atoms with Crippen molar-refractivity contribution in [2.45, 2.75) is 42.2 Å². The van der Waals surface area contributed by atoms with Crippen LogP contribution in [0.2, 0.25) is 0 Å². The van der Waals surface area contributed by atoms with E-state index in [0.717, 1.165) is 15.6 Å². The topological polar surface area (TPSA) is 71.5 Å². The Hall–Kier alpha value is -2.38. The second-order valence-corrected chi connectivity index (χ2v) is 8.82. The van der Waals surface area contributed by atoms with Crippen LogP contribution in [-0.4, -0.2) is 36.1 Å². The molecule has 0 bridgehead atoms. The molecule has 0 radical (unpaired) electrons. The van der Waals surface area contributed by atoms with Gasteiger partial charge < -0.3 is 15.0 Å². The van der Waals surface area contributed by atoms with Gasteiger partial charge in [0.25, 0.3) is 5.91 Å². The SMILES string of the molecule is CN1C(=O)c2cc(NC(=O)C3CCOC(C)(C)C3)ccc2Sc2ncccc21. The van der Waals surface area contributed by atoms with Crippen LogP contribution in [0.15, 0.2) is 46.5 Å². The summed E-state index contributed by atoms with van der Waals surface area (Å²) in [7, 11) is 1.74. The maximum Gasteiger partial charge on any atom is 0.259 e. The molecule has 28 heavy (non-hydrogen) atoms. The fourth-order valence-corrected chi connectivity index (χ4v) is 4.70. The van der Waals surface area contributed by atoms with Gasteiger partial charge in [0.1, 0.15) is 5.03 Å². The largest absolute Gasteiger partial charge is 0.376 e. The lowest BCUT2D eigenvalue weighted by Gasteiger charge is -2.34. The van der Waals surface area contributed by atoms with E-state index in [-0.39, 0.29) is 23.3 Å². The van der Waals surface area contributed by atoms with Crippen molar-refractivity contribution >= 4 is 35.0 Å². The lowest BCUT2D eigenvalue weighted by Crippen LogP contribution is -2.39. The summed E-state index contributed by atoms with van der Waals surface area (Å²) < 4.78 is 5.70. The molecule has 2 aliphatic heterocycles. The summed E-state index contributed by atoms with van der Waals surface area (Å²) in [5.74, 6) is -0.232. The first-order valence-electron chi connectivity index (χ1n) is 9.34. The molecule has 1 aromatic carbocycles. The number of aromatic nitrogens is 1. The van der Waals surface area contributed by atoms with Crippen LogP contribution in [0.25, 0.3) is 0 Å². The summed E-state index contributed by atoms with van der Waals surface area (Å²) in [6, 6.07) is 9.18. The number of ether oxygens (including phenoxy) is 1. The van der Waals surface area contributed by atoms with Crippen LogP contribution in [0.3, 0.4) is 0 Å². The number of nitrogens with one attached hydrogen (secondary N) is 1. The zero-order valence-electron chi connectivity index (χ0n) is 16.2. The molecular formula is C21H23N3O3S. The minimum atomic E-state index is -0.290. The van der Waals surface area contributed by atoms with E-state index in [2.05, 4.69) is 10.3 Å². The molecule has 4 rings (SSSR count). The molecule has 1 atom stereocenters. The summed E-state index contributed by atoms with van der Waals surface area (Å²) in [5.41, 5.74) is 1.69. The molecule has 2 aromatic rings. The number of carbonyl (C=O) groups is 2. The maximum absolute atomic E-state index is 13.0. The number of carbonyl (C=O) groups excluding carboxylic acids is 2. The van der Waals surface area contributed by atoms with E-state index in [1.807, 2.05) is 38.1 Å². The van der Waals surface area contributed by atoms with Crippen molar-refractivity contribution in [2.24, 2.45) is 5.92 Å². The third-order valence-electron chi connectivity index (χ3n) is 5.17. The number of pyridine rings is 1. The lowest BCUT2D eigenvalue weighted by atomic mass is 9.88. The number of fused-ring (bicyclic) bond motifs is 2. The molecule has 1 N–H and O–H groups in total. The van der Waals surface area contributed by atoms with Gasteiger partial charge in [-0.05, 0) is 57.0 Å². The number of hydrogen-bond acceptors (Lipinski definition) is 5. The van der Waals surface area contributed by atoms with E-state index in [1.165, 1.54) is 11.8 Å². The van der Waals surface area contributed by atoms with Gasteiger partial charge in [-0.1, -0.05) is 11.8 Å². The summed E-state index contributed by atoms with van der Waals surface area (Å²) in [6.45, 7) is 4.60. The van der Waals surface area contributed by atoms with Gasteiger partial charge in [-0.25, -0.2) is 4.98 Å². The fraction of sp³-hybridized carbons (Fsp3) is 0.381. The first-order valence-corrected chi connectivity index (χ1v) is 10.2. The molecule has 2 aliphatic rings. The second-order valence-electron chi connectivity index (χ2n) is 7.79. The molecule has 1 saturated heterocycles. The van der Waals surface area contributed by atoms with Crippen LogP contribution in [0.4, 0.5) is 11.4 Å². The number of rotatable bonds is 2. The number of anilines is 2. The van der Waals surface area contributed by atoms with Crippen LogP contribution >= 0.6 is 11.8 Å². The molecule has 1 unspecified atom stereocenters. The van der Waals surface area contributed by atoms with E-state index in [0.29, 0.717) is 30.7 Å². The van der Waals surface area contributed by atoms with Gasteiger partial charge in [0.15, 0.2) is 0 Å². The zero-order chi connectivity index (χ0) is 19.9. The lowest BCUT2D eigenvalue weighted by molar-refractivity contribution is -0.130. The predicted octanol–water partition coefficient (Wildman–Crippen LogP) is 3.97. The minimum absolute atomic E-state index is 0.0247. The first kappa shape index (κ1) is 19.0. The van der Waals surface area contributed by atoms with Gasteiger partial charge in [-0.2, -0.15) is 0 Å². The standard InChI is InChI=1S/C21H23N3O3S/c1-21(2)12-13(8-10-27-21)18(25)23-14-6-7-17-15(11-14)20(26)24(3)16-5-4-9-22-19(16)28-17/h4-7,9,11,13H,8,10,12H2,1-3H3,(H,23,25).